The second kappa shape index (κ2) is 10.5. The highest BCUT2D eigenvalue weighted by atomic mass is 35.5. The van der Waals surface area contributed by atoms with Crippen LogP contribution in [-0.2, 0) is 16.6 Å². The van der Waals surface area contributed by atoms with E-state index in [4.69, 9.17) is 39.9 Å². The number of nitrogens with one attached hydrogen (secondary N) is 2. The molecule has 0 saturated heterocycles. The molecule has 4 bridgehead atoms. The molecule has 4 aliphatic carbocycles. The summed E-state index contributed by atoms with van der Waals surface area (Å²) in [5.74, 6) is 0.783. The first-order valence-corrected chi connectivity index (χ1v) is 17.1. The van der Waals surface area contributed by atoms with Crippen molar-refractivity contribution in [2.45, 2.75) is 71.4 Å². The minimum Gasteiger partial charge on any atom is -0.310 e. The van der Waals surface area contributed by atoms with Crippen LogP contribution in [0.5, 0.6) is 0 Å². The average Bonchev–Trinajstić information content (AvgIpc) is 3.16. The zero-order valence-corrected chi connectivity index (χ0v) is 26.8. The van der Waals surface area contributed by atoms with E-state index in [-0.39, 0.29) is 17.8 Å². The number of hydrogen-bond acceptors (Lipinski definition) is 4. The van der Waals surface area contributed by atoms with Gasteiger partial charge in [-0.25, -0.2) is 17.8 Å². The molecule has 41 heavy (non-hydrogen) atoms. The predicted molar refractivity (Wildman–Crippen MR) is 168 cm³/mol. The summed E-state index contributed by atoms with van der Waals surface area (Å²) in [7, 11) is -3.54. The molecule has 6 nitrogen and oxygen atoms in total. The molecule has 2 unspecified atom stereocenters. The van der Waals surface area contributed by atoms with E-state index in [0.29, 0.717) is 43.8 Å². The Labute approximate surface area is 258 Å². The lowest BCUT2D eigenvalue weighted by Gasteiger charge is -2.65. The maximum Gasteiger partial charge on any atom is 0.213 e. The Balaban J connectivity index is 1.18. The largest absolute Gasteiger partial charge is 0.310 e. The second-order valence-electron chi connectivity index (χ2n) is 13.4. The fraction of sp³-hybridized carbons (Fsp3) is 0.516. The van der Waals surface area contributed by atoms with Gasteiger partial charge >= 0.3 is 0 Å². The van der Waals surface area contributed by atoms with Crippen molar-refractivity contribution in [3.8, 4) is 16.9 Å². The van der Waals surface area contributed by atoms with Crippen LogP contribution in [0.3, 0.4) is 0 Å². The molecule has 1 aromatic heterocycles. The van der Waals surface area contributed by atoms with Gasteiger partial charge < -0.3 is 5.32 Å². The summed E-state index contributed by atoms with van der Waals surface area (Å²) < 4.78 is 30.8. The molecule has 0 amide bonds. The van der Waals surface area contributed by atoms with Crippen LogP contribution in [0.4, 0.5) is 0 Å². The molecule has 4 fully saturated rings. The van der Waals surface area contributed by atoms with E-state index in [9.17, 15) is 8.42 Å². The molecule has 10 heteroatoms. The van der Waals surface area contributed by atoms with Crippen LogP contribution < -0.4 is 10.0 Å². The lowest BCUT2D eigenvalue weighted by Crippen LogP contribution is -2.64. The van der Waals surface area contributed by atoms with Gasteiger partial charge in [-0.05, 0) is 92.5 Å². The van der Waals surface area contributed by atoms with Gasteiger partial charge in [0.15, 0.2) is 0 Å². The van der Waals surface area contributed by atoms with Crippen LogP contribution in [0.2, 0.25) is 15.1 Å². The molecule has 1 heterocycles. The summed E-state index contributed by atoms with van der Waals surface area (Å²) >= 11 is 18.9. The summed E-state index contributed by atoms with van der Waals surface area (Å²) in [4.78, 5) is 0. The Morgan fingerprint density at radius 2 is 1.61 bits per heavy atom. The topological polar surface area (TPSA) is 76.0 Å². The van der Waals surface area contributed by atoms with E-state index in [0.717, 1.165) is 35.6 Å². The molecule has 0 aliphatic heterocycles. The van der Waals surface area contributed by atoms with Gasteiger partial charge in [0.05, 0.1) is 34.4 Å². The smallest absolute Gasteiger partial charge is 0.213 e. The summed E-state index contributed by atoms with van der Waals surface area (Å²) in [6.45, 7) is 7.33. The molecule has 4 saturated carbocycles. The van der Waals surface area contributed by atoms with Crippen molar-refractivity contribution in [3.63, 3.8) is 0 Å². The van der Waals surface area contributed by atoms with Crippen molar-refractivity contribution in [3.05, 3.63) is 68.8 Å². The van der Waals surface area contributed by atoms with Gasteiger partial charge in [-0.3, -0.25) is 0 Å². The van der Waals surface area contributed by atoms with E-state index in [1.54, 1.807) is 22.9 Å². The molecule has 0 spiro atoms. The third kappa shape index (κ3) is 5.96. The van der Waals surface area contributed by atoms with Crippen molar-refractivity contribution in [2.75, 3.05) is 12.3 Å². The highest BCUT2D eigenvalue weighted by Crippen LogP contribution is 2.66. The highest BCUT2D eigenvalue weighted by Gasteiger charge is 2.59. The van der Waals surface area contributed by atoms with Crippen LogP contribution in [0.1, 0.15) is 63.6 Å². The molecule has 4 atom stereocenters. The van der Waals surface area contributed by atoms with Gasteiger partial charge in [0.1, 0.15) is 0 Å². The standard InChI is InChI=1S/C31H37Cl3N4O2S/c1-20-26(37-38(27-9-8-24(33)12-25(27)34)28(20)22-4-6-23(32)7-5-22)16-36-41(39,40)11-10-35-31-15-21-13-29(2,18-31)17-30(3,14-21)19-31/h4-9,12,21,35-36H,10-11,13-19H2,1-3H3/t21?,29-,30+,31?. The molecule has 7 rings (SSSR count). The Morgan fingerprint density at radius 3 is 2.24 bits per heavy atom. The van der Waals surface area contributed by atoms with Crippen LogP contribution in [0.25, 0.3) is 16.9 Å². The molecular weight excluding hydrogens is 599 g/mol. The zero-order valence-electron chi connectivity index (χ0n) is 23.7. The maximum absolute atomic E-state index is 13.2. The van der Waals surface area contributed by atoms with Gasteiger partial charge in [-0.15, -0.1) is 0 Å². The van der Waals surface area contributed by atoms with Crippen molar-refractivity contribution in [2.24, 2.45) is 16.7 Å². The van der Waals surface area contributed by atoms with Crippen LogP contribution in [0.15, 0.2) is 42.5 Å². The monoisotopic (exact) mass is 634 g/mol. The molecule has 220 valence electrons. The average molecular weight is 636 g/mol. The van der Waals surface area contributed by atoms with E-state index >= 15 is 0 Å². The van der Waals surface area contributed by atoms with Crippen LogP contribution >= 0.6 is 34.8 Å². The summed E-state index contributed by atoms with van der Waals surface area (Å²) in [6, 6.07) is 12.7. The number of halogens is 3. The van der Waals surface area contributed by atoms with Gasteiger partial charge in [0.25, 0.3) is 0 Å². The van der Waals surface area contributed by atoms with Crippen molar-refractivity contribution in [1.29, 1.82) is 0 Å². The van der Waals surface area contributed by atoms with Crippen LogP contribution in [-0.4, -0.2) is 36.0 Å². The summed E-state index contributed by atoms with van der Waals surface area (Å²) in [6.07, 6.45) is 7.40. The second-order valence-corrected chi connectivity index (χ2v) is 16.6. The minimum absolute atomic E-state index is 0.0274. The SMILES string of the molecule is Cc1c(CNS(=O)(=O)CCNC23CC4C[C@@](C)(C2)C[C@](C)(C4)C3)nn(-c2ccc(Cl)cc2Cl)c1-c1ccc(Cl)cc1. The van der Waals surface area contributed by atoms with Crippen molar-refractivity contribution < 1.29 is 8.42 Å². The van der Waals surface area contributed by atoms with Crippen molar-refractivity contribution >= 4 is 44.8 Å². The first-order chi connectivity index (χ1) is 19.3. The van der Waals surface area contributed by atoms with Gasteiger partial charge in [0, 0.05) is 33.3 Å². The fourth-order valence-corrected chi connectivity index (χ4v) is 10.3. The van der Waals surface area contributed by atoms with E-state index in [1.165, 1.54) is 25.7 Å². The molecular formula is C31H37Cl3N4O2S. The van der Waals surface area contributed by atoms with Gasteiger partial charge in [-0.2, -0.15) is 5.10 Å². The molecule has 2 aromatic carbocycles. The van der Waals surface area contributed by atoms with Crippen molar-refractivity contribution in [1.82, 2.24) is 19.8 Å². The third-order valence-corrected chi connectivity index (χ3v) is 11.5. The normalized spacial score (nSPS) is 28.9. The lowest BCUT2D eigenvalue weighted by atomic mass is 9.43. The molecule has 2 N–H and O–H groups in total. The Bertz CT molecular complexity index is 1570. The zero-order chi connectivity index (χ0) is 29.2. The fourth-order valence-electron chi connectivity index (χ4n) is 8.83. The van der Waals surface area contributed by atoms with E-state index in [1.807, 2.05) is 31.2 Å². The molecule has 3 aromatic rings. The molecule has 0 radical (unpaired) electrons. The number of aromatic nitrogens is 2. The Morgan fingerprint density at radius 1 is 0.951 bits per heavy atom. The highest BCUT2D eigenvalue weighted by molar-refractivity contribution is 7.89. The number of nitrogens with zero attached hydrogens (tertiary/aromatic N) is 2. The number of hydrogen-bond donors (Lipinski definition) is 2. The van der Waals surface area contributed by atoms with E-state index in [2.05, 4.69) is 23.9 Å². The van der Waals surface area contributed by atoms with Crippen LogP contribution in [0, 0.1) is 23.7 Å². The maximum atomic E-state index is 13.2. The first-order valence-electron chi connectivity index (χ1n) is 14.3. The lowest BCUT2D eigenvalue weighted by molar-refractivity contribution is -0.117. The molecule has 4 aliphatic rings. The first kappa shape index (κ1) is 29.5. The number of sulfonamides is 1. The Hall–Kier alpha value is -1.61. The summed E-state index contributed by atoms with van der Waals surface area (Å²) in [5, 5.41) is 10.1. The number of benzene rings is 2. The quantitative estimate of drug-likeness (QED) is 0.254. The van der Waals surface area contributed by atoms with E-state index < -0.39 is 10.0 Å². The summed E-state index contributed by atoms with van der Waals surface area (Å²) in [5.41, 5.74) is 4.66. The predicted octanol–water partition coefficient (Wildman–Crippen LogP) is 7.57. The van der Waals surface area contributed by atoms with Gasteiger partial charge in [0.2, 0.25) is 10.0 Å². The Kier molecular flexibility index (Phi) is 7.57. The number of rotatable bonds is 9. The van der Waals surface area contributed by atoms with Gasteiger partial charge in [-0.1, -0.05) is 60.8 Å². The minimum atomic E-state index is -3.54. The third-order valence-electron chi connectivity index (χ3n) is 9.43.